The average Bonchev–Trinajstić information content (AvgIpc) is 2.82. The summed E-state index contributed by atoms with van der Waals surface area (Å²) in [5.41, 5.74) is 12.7. The molecule has 106 valence electrons. The van der Waals surface area contributed by atoms with Crippen LogP contribution in [0.2, 0.25) is 0 Å². The summed E-state index contributed by atoms with van der Waals surface area (Å²) < 4.78 is 1.67. The van der Waals surface area contributed by atoms with Crippen LogP contribution in [-0.4, -0.2) is 15.7 Å². The Balaban J connectivity index is 1.92. The maximum Gasteiger partial charge on any atom is 0.254 e. The Bertz CT molecular complexity index is 577. The van der Waals surface area contributed by atoms with E-state index in [4.69, 9.17) is 11.5 Å². The molecule has 0 saturated heterocycles. The van der Waals surface area contributed by atoms with E-state index in [9.17, 15) is 4.79 Å². The number of carbonyl (C=O) groups excluding carboxylic acids is 1. The number of hydrogen-bond acceptors (Lipinski definition) is 3. The third-order valence-corrected chi connectivity index (χ3v) is 3.45. The fourth-order valence-corrected chi connectivity index (χ4v) is 2.28. The van der Waals surface area contributed by atoms with Crippen molar-refractivity contribution in [3.8, 4) is 0 Å². The van der Waals surface area contributed by atoms with Gasteiger partial charge < -0.3 is 11.5 Å². The van der Waals surface area contributed by atoms with Gasteiger partial charge in [0.25, 0.3) is 5.91 Å². The first kappa shape index (κ1) is 14.1. The van der Waals surface area contributed by atoms with Crippen LogP contribution >= 0.6 is 0 Å². The molecule has 1 heterocycles. The number of nitrogens with two attached hydrogens (primary N) is 2. The summed E-state index contributed by atoms with van der Waals surface area (Å²) in [6.07, 6.45) is 4.44. The Labute approximate surface area is 118 Å². The molecule has 5 heteroatoms. The third kappa shape index (κ3) is 3.17. The Morgan fingerprint density at radius 3 is 2.65 bits per heavy atom. The highest BCUT2D eigenvalue weighted by Crippen LogP contribution is 2.20. The number of nitrogens with zero attached hydrogens (tertiary/aromatic N) is 2. The highest BCUT2D eigenvalue weighted by molar-refractivity contribution is 5.96. The maximum atomic E-state index is 11.1. The van der Waals surface area contributed by atoms with Crippen molar-refractivity contribution >= 4 is 11.7 Å². The molecule has 1 atom stereocenters. The van der Waals surface area contributed by atoms with Crippen LogP contribution in [0.5, 0.6) is 0 Å². The summed E-state index contributed by atoms with van der Waals surface area (Å²) in [5, 5.41) is 4.15. The first-order valence-corrected chi connectivity index (χ1v) is 6.76. The smallest absolute Gasteiger partial charge is 0.254 e. The molecule has 2 rings (SSSR count). The van der Waals surface area contributed by atoms with Crippen molar-refractivity contribution in [1.29, 1.82) is 0 Å². The number of nitrogen functional groups attached to an aromatic ring is 1. The van der Waals surface area contributed by atoms with Crippen LogP contribution < -0.4 is 11.5 Å². The second kappa shape index (κ2) is 6.23. The first-order chi connectivity index (χ1) is 9.59. The zero-order valence-electron chi connectivity index (χ0n) is 11.6. The van der Waals surface area contributed by atoms with Gasteiger partial charge in [-0.2, -0.15) is 5.10 Å². The molecular weight excluding hydrogens is 252 g/mol. The molecular formula is C15H20N4O. The van der Waals surface area contributed by atoms with Gasteiger partial charge in [-0.25, -0.2) is 4.68 Å². The largest absolute Gasteiger partial charge is 0.383 e. The van der Waals surface area contributed by atoms with E-state index in [1.54, 1.807) is 4.68 Å². The molecule has 0 spiro atoms. The SMILES string of the molecule is CC(CCCc1ccccc1)n1ncc(C(N)=O)c1N. The monoisotopic (exact) mass is 272 g/mol. The molecule has 1 aromatic heterocycles. The van der Waals surface area contributed by atoms with E-state index in [0.29, 0.717) is 11.4 Å². The van der Waals surface area contributed by atoms with Crippen LogP contribution in [0.4, 0.5) is 5.82 Å². The second-order valence-corrected chi connectivity index (χ2v) is 4.98. The number of anilines is 1. The van der Waals surface area contributed by atoms with Gasteiger partial charge in [-0.05, 0) is 31.7 Å². The number of hydrogen-bond donors (Lipinski definition) is 2. The number of primary amides is 1. The lowest BCUT2D eigenvalue weighted by atomic mass is 10.1. The van der Waals surface area contributed by atoms with E-state index in [1.165, 1.54) is 11.8 Å². The lowest BCUT2D eigenvalue weighted by Gasteiger charge is -2.14. The molecule has 1 amide bonds. The summed E-state index contributed by atoms with van der Waals surface area (Å²) in [6, 6.07) is 10.5. The normalized spacial score (nSPS) is 12.2. The molecule has 0 aliphatic rings. The summed E-state index contributed by atoms with van der Waals surface area (Å²) in [5.74, 6) is -0.185. The summed E-state index contributed by atoms with van der Waals surface area (Å²) in [4.78, 5) is 11.1. The van der Waals surface area contributed by atoms with Crippen LogP contribution in [0.3, 0.4) is 0 Å². The summed E-state index contributed by atoms with van der Waals surface area (Å²) in [6.45, 7) is 2.04. The average molecular weight is 272 g/mol. The minimum atomic E-state index is -0.537. The highest BCUT2D eigenvalue weighted by Gasteiger charge is 2.15. The van der Waals surface area contributed by atoms with Gasteiger partial charge in [-0.1, -0.05) is 30.3 Å². The van der Waals surface area contributed by atoms with Crippen LogP contribution in [0.15, 0.2) is 36.5 Å². The van der Waals surface area contributed by atoms with Crippen molar-refractivity contribution in [3.05, 3.63) is 47.7 Å². The first-order valence-electron chi connectivity index (χ1n) is 6.76. The van der Waals surface area contributed by atoms with Crippen LogP contribution in [0.1, 0.15) is 41.7 Å². The fraction of sp³-hybridized carbons (Fsp3) is 0.333. The molecule has 0 aliphatic heterocycles. The molecule has 20 heavy (non-hydrogen) atoms. The Morgan fingerprint density at radius 1 is 1.35 bits per heavy atom. The van der Waals surface area contributed by atoms with Gasteiger partial charge in [-0.15, -0.1) is 0 Å². The van der Waals surface area contributed by atoms with Crippen LogP contribution in [-0.2, 0) is 6.42 Å². The molecule has 1 unspecified atom stereocenters. The van der Waals surface area contributed by atoms with Crippen molar-refractivity contribution in [2.75, 3.05) is 5.73 Å². The predicted octanol–water partition coefficient (Wildman–Crippen LogP) is 2.15. The van der Waals surface area contributed by atoms with Crippen molar-refractivity contribution in [1.82, 2.24) is 9.78 Å². The number of aromatic nitrogens is 2. The van der Waals surface area contributed by atoms with Crippen molar-refractivity contribution in [2.45, 2.75) is 32.2 Å². The molecule has 4 N–H and O–H groups in total. The van der Waals surface area contributed by atoms with Crippen LogP contribution in [0.25, 0.3) is 0 Å². The Hall–Kier alpha value is -2.30. The topological polar surface area (TPSA) is 86.9 Å². The molecule has 0 radical (unpaired) electrons. The van der Waals surface area contributed by atoms with Gasteiger partial charge in [0, 0.05) is 0 Å². The zero-order valence-corrected chi connectivity index (χ0v) is 11.6. The number of benzene rings is 1. The molecule has 0 fully saturated rings. The van der Waals surface area contributed by atoms with Gasteiger partial charge in [0.1, 0.15) is 11.4 Å². The number of amides is 1. The Morgan fingerprint density at radius 2 is 2.05 bits per heavy atom. The van der Waals surface area contributed by atoms with E-state index in [-0.39, 0.29) is 6.04 Å². The maximum absolute atomic E-state index is 11.1. The highest BCUT2D eigenvalue weighted by atomic mass is 16.1. The van der Waals surface area contributed by atoms with Crippen molar-refractivity contribution < 1.29 is 4.79 Å². The second-order valence-electron chi connectivity index (χ2n) is 4.98. The number of aryl methyl sites for hydroxylation is 1. The molecule has 2 aromatic rings. The van der Waals surface area contributed by atoms with Gasteiger partial charge in [0.05, 0.1) is 12.2 Å². The van der Waals surface area contributed by atoms with Crippen molar-refractivity contribution in [2.24, 2.45) is 5.73 Å². The zero-order chi connectivity index (χ0) is 14.5. The summed E-state index contributed by atoms with van der Waals surface area (Å²) >= 11 is 0. The van der Waals surface area contributed by atoms with E-state index < -0.39 is 5.91 Å². The standard InChI is InChI=1S/C15H20N4O/c1-11(6-5-9-12-7-3-2-4-8-12)19-14(16)13(10-18-19)15(17)20/h2-4,7-8,10-11H,5-6,9,16H2,1H3,(H2,17,20). The van der Waals surface area contributed by atoms with Gasteiger partial charge in [0.15, 0.2) is 0 Å². The minimum absolute atomic E-state index is 0.145. The van der Waals surface area contributed by atoms with Crippen LogP contribution in [0, 0.1) is 0 Å². The van der Waals surface area contributed by atoms with Gasteiger partial charge in [0.2, 0.25) is 0 Å². The van der Waals surface area contributed by atoms with Gasteiger partial charge >= 0.3 is 0 Å². The van der Waals surface area contributed by atoms with E-state index in [0.717, 1.165) is 19.3 Å². The molecule has 0 bridgehead atoms. The molecule has 0 saturated carbocycles. The molecule has 0 aliphatic carbocycles. The summed E-state index contributed by atoms with van der Waals surface area (Å²) in [7, 11) is 0. The van der Waals surface area contributed by atoms with Crippen molar-refractivity contribution in [3.63, 3.8) is 0 Å². The number of rotatable bonds is 6. The fourth-order valence-electron chi connectivity index (χ4n) is 2.28. The quantitative estimate of drug-likeness (QED) is 0.844. The van der Waals surface area contributed by atoms with E-state index in [2.05, 4.69) is 17.2 Å². The van der Waals surface area contributed by atoms with E-state index >= 15 is 0 Å². The lowest BCUT2D eigenvalue weighted by molar-refractivity contribution is 0.100. The lowest BCUT2D eigenvalue weighted by Crippen LogP contribution is -2.15. The van der Waals surface area contributed by atoms with E-state index in [1.807, 2.05) is 25.1 Å². The molecule has 5 nitrogen and oxygen atoms in total. The predicted molar refractivity (Wildman–Crippen MR) is 79.2 cm³/mol. The molecule has 1 aromatic carbocycles. The Kier molecular flexibility index (Phi) is 4.40. The third-order valence-electron chi connectivity index (χ3n) is 3.45. The minimum Gasteiger partial charge on any atom is -0.383 e. The van der Waals surface area contributed by atoms with Gasteiger partial charge in [-0.3, -0.25) is 4.79 Å². The number of carbonyl (C=O) groups is 1.